The number of nitrogens with one attached hydrogen (secondary N) is 2. The van der Waals surface area contributed by atoms with Gasteiger partial charge in [0.1, 0.15) is 6.07 Å². The number of fused-ring (bicyclic) bond motifs is 2. The minimum Gasteiger partial charge on any atom is -0.381 e. The van der Waals surface area contributed by atoms with Gasteiger partial charge in [0.25, 0.3) is 0 Å². The van der Waals surface area contributed by atoms with E-state index in [-0.39, 0.29) is 0 Å². The first-order chi connectivity index (χ1) is 8.74. The van der Waals surface area contributed by atoms with Gasteiger partial charge >= 0.3 is 0 Å². The second-order valence-electron chi connectivity index (χ2n) is 5.61. The molecule has 2 fully saturated rings. The fourth-order valence-electron chi connectivity index (χ4n) is 3.27. The average molecular weight is 241 g/mol. The molecule has 2 saturated heterocycles. The van der Waals surface area contributed by atoms with Crippen LogP contribution in [0.3, 0.4) is 0 Å². The summed E-state index contributed by atoms with van der Waals surface area (Å²) in [6, 6.07) is 10.2. The van der Waals surface area contributed by atoms with Crippen molar-refractivity contribution in [1.29, 1.82) is 5.26 Å². The summed E-state index contributed by atoms with van der Waals surface area (Å²) in [6.45, 7) is 2.02. The van der Waals surface area contributed by atoms with Crippen molar-refractivity contribution >= 4 is 5.69 Å². The fourth-order valence-corrected chi connectivity index (χ4v) is 3.27. The van der Waals surface area contributed by atoms with Crippen molar-refractivity contribution in [3.05, 3.63) is 29.3 Å². The fraction of sp³-hybridized carbons (Fsp3) is 0.533. The molecule has 0 amide bonds. The van der Waals surface area contributed by atoms with Gasteiger partial charge in [0, 0.05) is 18.1 Å². The highest BCUT2D eigenvalue weighted by Crippen LogP contribution is 2.29. The first kappa shape index (κ1) is 11.6. The van der Waals surface area contributed by atoms with Gasteiger partial charge in [0.15, 0.2) is 0 Å². The van der Waals surface area contributed by atoms with Gasteiger partial charge in [-0.2, -0.15) is 5.26 Å². The summed E-state index contributed by atoms with van der Waals surface area (Å²) in [5, 5.41) is 16.4. The van der Waals surface area contributed by atoms with Crippen LogP contribution in [0.15, 0.2) is 18.2 Å². The predicted octanol–water partition coefficient (Wildman–Crippen LogP) is 2.56. The quantitative estimate of drug-likeness (QED) is 0.836. The van der Waals surface area contributed by atoms with Crippen LogP contribution in [0.25, 0.3) is 0 Å². The molecule has 3 heteroatoms. The molecule has 94 valence electrons. The van der Waals surface area contributed by atoms with Crippen LogP contribution in [0, 0.1) is 18.3 Å². The third-order valence-electron chi connectivity index (χ3n) is 4.13. The minimum absolute atomic E-state index is 0.513. The first-order valence-corrected chi connectivity index (χ1v) is 6.78. The molecule has 1 aromatic carbocycles. The summed E-state index contributed by atoms with van der Waals surface area (Å²) in [5.74, 6) is 0. The standard InChI is InChI=1S/C15H19N3/c1-10-2-5-15(11(6-10)9-16)18-14-7-12-3-4-13(8-14)17-12/h2,5-6,12-14,17-18H,3-4,7-8H2,1H3. The number of rotatable bonds is 2. The molecular weight excluding hydrogens is 222 g/mol. The molecule has 2 aliphatic rings. The number of aryl methyl sites for hydroxylation is 1. The van der Waals surface area contributed by atoms with E-state index < -0.39 is 0 Å². The Morgan fingerprint density at radius 1 is 1.28 bits per heavy atom. The van der Waals surface area contributed by atoms with Crippen LogP contribution in [-0.2, 0) is 0 Å². The molecule has 3 nitrogen and oxygen atoms in total. The SMILES string of the molecule is Cc1ccc(NC2CC3CCC(C2)N3)c(C#N)c1. The van der Waals surface area contributed by atoms with Crippen LogP contribution in [0.4, 0.5) is 5.69 Å². The van der Waals surface area contributed by atoms with Gasteiger partial charge < -0.3 is 10.6 Å². The van der Waals surface area contributed by atoms with Crippen LogP contribution >= 0.6 is 0 Å². The summed E-state index contributed by atoms with van der Waals surface area (Å²) < 4.78 is 0. The van der Waals surface area contributed by atoms with Gasteiger partial charge in [-0.15, -0.1) is 0 Å². The predicted molar refractivity (Wildman–Crippen MR) is 72.5 cm³/mol. The molecular formula is C15H19N3. The van der Waals surface area contributed by atoms with Crippen molar-refractivity contribution in [1.82, 2.24) is 5.32 Å². The second-order valence-corrected chi connectivity index (χ2v) is 5.61. The van der Waals surface area contributed by atoms with Crippen LogP contribution in [0.5, 0.6) is 0 Å². The van der Waals surface area contributed by atoms with Crippen molar-refractivity contribution in [2.45, 2.75) is 50.7 Å². The van der Waals surface area contributed by atoms with E-state index >= 15 is 0 Å². The first-order valence-electron chi connectivity index (χ1n) is 6.78. The van der Waals surface area contributed by atoms with Crippen LogP contribution in [0.2, 0.25) is 0 Å². The molecule has 2 aliphatic heterocycles. The number of nitrogens with zero attached hydrogens (tertiary/aromatic N) is 1. The van der Waals surface area contributed by atoms with E-state index in [1.165, 1.54) is 25.7 Å². The molecule has 0 radical (unpaired) electrons. The third-order valence-corrected chi connectivity index (χ3v) is 4.13. The summed E-state index contributed by atoms with van der Waals surface area (Å²) in [5.41, 5.74) is 2.90. The Labute approximate surface area is 108 Å². The summed E-state index contributed by atoms with van der Waals surface area (Å²) >= 11 is 0. The molecule has 0 aromatic heterocycles. The van der Waals surface area contributed by atoms with Gasteiger partial charge in [0.05, 0.1) is 11.3 Å². The van der Waals surface area contributed by atoms with Gasteiger partial charge in [-0.1, -0.05) is 6.07 Å². The van der Waals surface area contributed by atoms with Crippen molar-refractivity contribution < 1.29 is 0 Å². The second kappa shape index (κ2) is 4.62. The maximum atomic E-state index is 9.19. The lowest BCUT2D eigenvalue weighted by Gasteiger charge is -2.30. The van der Waals surface area contributed by atoms with Gasteiger partial charge in [-0.25, -0.2) is 0 Å². The molecule has 2 heterocycles. The number of hydrogen-bond donors (Lipinski definition) is 2. The lowest BCUT2D eigenvalue weighted by atomic mass is 9.99. The molecule has 18 heavy (non-hydrogen) atoms. The highest BCUT2D eigenvalue weighted by Gasteiger charge is 2.33. The van der Waals surface area contributed by atoms with E-state index in [4.69, 9.17) is 0 Å². The highest BCUT2D eigenvalue weighted by atomic mass is 15.0. The Balaban J connectivity index is 1.75. The van der Waals surface area contributed by atoms with E-state index in [1.54, 1.807) is 0 Å². The number of hydrogen-bond acceptors (Lipinski definition) is 3. The highest BCUT2D eigenvalue weighted by molar-refractivity contribution is 5.59. The van der Waals surface area contributed by atoms with Gasteiger partial charge in [-0.05, 0) is 50.3 Å². The number of anilines is 1. The molecule has 2 unspecified atom stereocenters. The number of piperidine rings is 1. The topological polar surface area (TPSA) is 47.8 Å². The van der Waals surface area contributed by atoms with E-state index in [2.05, 4.69) is 22.8 Å². The maximum absolute atomic E-state index is 9.19. The lowest BCUT2D eigenvalue weighted by molar-refractivity contribution is 0.378. The third kappa shape index (κ3) is 2.21. The summed E-state index contributed by atoms with van der Waals surface area (Å²) in [4.78, 5) is 0. The maximum Gasteiger partial charge on any atom is 0.101 e. The number of nitriles is 1. The normalized spacial score (nSPS) is 29.9. The zero-order valence-corrected chi connectivity index (χ0v) is 10.7. The Kier molecular flexibility index (Phi) is 2.97. The van der Waals surface area contributed by atoms with E-state index in [0.29, 0.717) is 18.1 Å². The molecule has 2 atom stereocenters. The smallest absolute Gasteiger partial charge is 0.101 e. The van der Waals surface area contributed by atoms with Gasteiger partial charge in [0.2, 0.25) is 0 Å². The van der Waals surface area contributed by atoms with Crippen molar-refractivity contribution in [3.63, 3.8) is 0 Å². The Morgan fingerprint density at radius 2 is 2.00 bits per heavy atom. The van der Waals surface area contributed by atoms with Crippen molar-refractivity contribution in [3.8, 4) is 6.07 Å². The van der Waals surface area contributed by atoms with Crippen molar-refractivity contribution in [2.75, 3.05) is 5.32 Å². The number of benzene rings is 1. The van der Waals surface area contributed by atoms with Crippen LogP contribution in [0.1, 0.15) is 36.8 Å². The Morgan fingerprint density at radius 3 is 2.67 bits per heavy atom. The van der Waals surface area contributed by atoms with Crippen LogP contribution in [-0.4, -0.2) is 18.1 Å². The zero-order valence-electron chi connectivity index (χ0n) is 10.7. The lowest BCUT2D eigenvalue weighted by Crippen LogP contribution is -2.43. The molecule has 0 saturated carbocycles. The van der Waals surface area contributed by atoms with E-state index in [1.807, 2.05) is 19.1 Å². The minimum atomic E-state index is 0.513. The Hall–Kier alpha value is -1.53. The van der Waals surface area contributed by atoms with Crippen LogP contribution < -0.4 is 10.6 Å². The monoisotopic (exact) mass is 241 g/mol. The summed E-state index contributed by atoms with van der Waals surface area (Å²) in [6.07, 6.45) is 4.97. The molecule has 2 bridgehead atoms. The molecule has 2 N–H and O–H groups in total. The molecule has 3 rings (SSSR count). The zero-order chi connectivity index (χ0) is 12.5. The Bertz CT molecular complexity index is 477. The van der Waals surface area contributed by atoms with E-state index in [9.17, 15) is 5.26 Å². The van der Waals surface area contributed by atoms with Gasteiger partial charge in [-0.3, -0.25) is 0 Å². The van der Waals surface area contributed by atoms with E-state index in [0.717, 1.165) is 16.8 Å². The molecule has 0 aliphatic carbocycles. The largest absolute Gasteiger partial charge is 0.381 e. The average Bonchev–Trinajstić information content (AvgIpc) is 2.71. The summed E-state index contributed by atoms with van der Waals surface area (Å²) in [7, 11) is 0. The van der Waals surface area contributed by atoms with Crippen molar-refractivity contribution in [2.24, 2.45) is 0 Å². The molecule has 1 aromatic rings. The molecule has 0 spiro atoms.